The zero-order chi connectivity index (χ0) is 25.3. The number of benzene rings is 2. The predicted octanol–water partition coefficient (Wildman–Crippen LogP) is 3.99. The molecule has 3 atom stereocenters. The molecule has 2 aromatic carbocycles. The van der Waals surface area contributed by atoms with Crippen LogP contribution in [0.25, 0.3) is 0 Å². The highest BCUT2D eigenvalue weighted by atomic mass is 32.2. The zero-order valence-electron chi connectivity index (χ0n) is 20.3. The summed E-state index contributed by atoms with van der Waals surface area (Å²) in [4.78, 5) is 4.04. The standard InChI is InChI=1S/C26H32N4O4S2/c1-19-3-8-24(17-26(19)36(33,34)28-11-2-13-30-14-12-27-18-30)35(31,32)23-9-6-22(7-10-23)29-25-16-20-4-5-21(25)15-20/h3,6-10,12,14,17-18,20-21,25,28-29H,2,4-5,11,13,15-16H2,1H3/t20-,21+,25-/m0/s1. The molecule has 10 heteroatoms. The van der Waals surface area contributed by atoms with Gasteiger partial charge in [-0.2, -0.15) is 0 Å². The Labute approximate surface area is 213 Å². The van der Waals surface area contributed by atoms with Gasteiger partial charge >= 0.3 is 0 Å². The quantitative estimate of drug-likeness (QED) is 0.385. The van der Waals surface area contributed by atoms with E-state index in [4.69, 9.17) is 0 Å². The van der Waals surface area contributed by atoms with E-state index in [0.717, 1.165) is 11.6 Å². The molecule has 0 saturated heterocycles. The molecule has 192 valence electrons. The molecule has 5 rings (SSSR count). The van der Waals surface area contributed by atoms with E-state index in [2.05, 4.69) is 15.0 Å². The van der Waals surface area contributed by atoms with Gasteiger partial charge < -0.3 is 9.88 Å². The van der Waals surface area contributed by atoms with Gasteiger partial charge in [-0.25, -0.2) is 26.5 Å². The van der Waals surface area contributed by atoms with Crippen molar-refractivity contribution in [3.05, 3.63) is 66.7 Å². The van der Waals surface area contributed by atoms with Crippen LogP contribution in [0.2, 0.25) is 0 Å². The molecule has 2 fully saturated rings. The van der Waals surface area contributed by atoms with Gasteiger partial charge in [0, 0.05) is 37.2 Å². The fourth-order valence-corrected chi connectivity index (χ4v) is 8.21. The summed E-state index contributed by atoms with van der Waals surface area (Å²) in [5, 5.41) is 3.57. The predicted molar refractivity (Wildman–Crippen MR) is 138 cm³/mol. The number of anilines is 1. The molecular formula is C26H32N4O4S2. The minimum absolute atomic E-state index is 0.0271. The van der Waals surface area contributed by atoms with Gasteiger partial charge in [0.25, 0.3) is 0 Å². The highest BCUT2D eigenvalue weighted by Gasteiger charge is 2.39. The monoisotopic (exact) mass is 528 g/mol. The molecule has 8 nitrogen and oxygen atoms in total. The Bertz CT molecular complexity index is 1420. The third-order valence-corrected chi connectivity index (χ3v) is 10.8. The smallest absolute Gasteiger partial charge is 0.240 e. The molecule has 0 amide bonds. The molecule has 36 heavy (non-hydrogen) atoms. The lowest BCUT2D eigenvalue weighted by atomic mass is 9.95. The molecule has 0 radical (unpaired) electrons. The van der Waals surface area contributed by atoms with Gasteiger partial charge in [0.15, 0.2) is 0 Å². The van der Waals surface area contributed by atoms with Crippen molar-refractivity contribution in [1.82, 2.24) is 14.3 Å². The first-order valence-corrected chi connectivity index (χ1v) is 15.4. The van der Waals surface area contributed by atoms with Gasteiger partial charge in [-0.05, 0) is 86.4 Å². The van der Waals surface area contributed by atoms with Gasteiger partial charge in [0.05, 0.1) is 21.0 Å². The molecule has 1 aromatic heterocycles. The average molecular weight is 529 g/mol. The Morgan fingerprint density at radius 2 is 1.78 bits per heavy atom. The molecule has 0 unspecified atom stereocenters. The van der Waals surface area contributed by atoms with Crippen molar-refractivity contribution in [3.8, 4) is 0 Å². The minimum atomic E-state index is -3.88. The first kappa shape index (κ1) is 25.0. The van der Waals surface area contributed by atoms with Crippen LogP contribution in [0.5, 0.6) is 0 Å². The average Bonchev–Trinajstić information content (AvgIpc) is 3.61. The van der Waals surface area contributed by atoms with Gasteiger partial charge in [-0.15, -0.1) is 0 Å². The van der Waals surface area contributed by atoms with Crippen molar-refractivity contribution in [2.24, 2.45) is 11.8 Å². The van der Waals surface area contributed by atoms with E-state index in [9.17, 15) is 16.8 Å². The van der Waals surface area contributed by atoms with Gasteiger partial charge in [0.2, 0.25) is 19.9 Å². The Balaban J connectivity index is 1.28. The molecule has 2 bridgehead atoms. The summed E-state index contributed by atoms with van der Waals surface area (Å²) in [5.41, 5.74) is 1.40. The van der Waals surface area contributed by atoms with Crippen LogP contribution < -0.4 is 10.0 Å². The van der Waals surface area contributed by atoms with Crippen LogP contribution in [-0.4, -0.2) is 39.0 Å². The van der Waals surface area contributed by atoms with Crippen LogP contribution in [0.15, 0.2) is 75.9 Å². The van der Waals surface area contributed by atoms with Gasteiger partial charge in [-0.1, -0.05) is 12.5 Å². The molecule has 2 saturated carbocycles. The number of rotatable bonds is 10. The SMILES string of the molecule is Cc1ccc(S(=O)(=O)c2ccc(N[C@H]3C[C@H]4CC[C@@H]3C4)cc2)cc1S(=O)(=O)NCCCn1ccnc1. The minimum Gasteiger partial charge on any atom is -0.382 e. The second-order valence-corrected chi connectivity index (χ2v) is 13.6. The van der Waals surface area contributed by atoms with Crippen molar-refractivity contribution in [3.63, 3.8) is 0 Å². The first-order chi connectivity index (χ1) is 17.2. The third kappa shape index (κ3) is 5.21. The van der Waals surface area contributed by atoms with Gasteiger partial charge in [0.1, 0.15) is 0 Å². The molecule has 2 N–H and O–H groups in total. The number of aryl methyl sites for hydroxylation is 2. The molecule has 0 spiro atoms. The van der Waals surface area contributed by atoms with Crippen molar-refractivity contribution < 1.29 is 16.8 Å². The Kier molecular flexibility index (Phi) is 6.93. The Morgan fingerprint density at radius 3 is 2.44 bits per heavy atom. The number of sulfone groups is 1. The summed E-state index contributed by atoms with van der Waals surface area (Å²) < 4.78 is 57.0. The largest absolute Gasteiger partial charge is 0.382 e. The molecule has 2 aliphatic rings. The van der Waals surface area contributed by atoms with E-state index in [1.54, 1.807) is 43.7 Å². The van der Waals surface area contributed by atoms with Crippen LogP contribution in [-0.2, 0) is 26.4 Å². The van der Waals surface area contributed by atoms with E-state index in [1.165, 1.54) is 43.9 Å². The number of hydrogen-bond donors (Lipinski definition) is 2. The number of nitrogens with one attached hydrogen (secondary N) is 2. The topological polar surface area (TPSA) is 110 Å². The number of hydrogen-bond acceptors (Lipinski definition) is 6. The lowest BCUT2D eigenvalue weighted by Gasteiger charge is -2.24. The van der Waals surface area contributed by atoms with Crippen molar-refractivity contribution in [2.45, 2.75) is 66.3 Å². The fraction of sp³-hybridized carbons (Fsp3) is 0.423. The summed E-state index contributed by atoms with van der Waals surface area (Å²) in [6.45, 7) is 2.52. The molecule has 2 aliphatic carbocycles. The lowest BCUT2D eigenvalue weighted by Crippen LogP contribution is -2.26. The van der Waals surface area contributed by atoms with Crippen molar-refractivity contribution in [2.75, 3.05) is 11.9 Å². The number of aromatic nitrogens is 2. The maximum absolute atomic E-state index is 13.3. The summed E-state index contributed by atoms with van der Waals surface area (Å²) in [6, 6.07) is 11.5. The number of fused-ring (bicyclic) bond motifs is 2. The maximum atomic E-state index is 13.3. The second kappa shape index (κ2) is 9.99. The summed E-state index contributed by atoms with van der Waals surface area (Å²) in [5.74, 6) is 1.54. The van der Waals surface area contributed by atoms with E-state index in [-0.39, 0.29) is 21.2 Å². The number of nitrogens with zero attached hydrogens (tertiary/aromatic N) is 2. The molecule has 0 aliphatic heterocycles. The van der Waals surface area contributed by atoms with Crippen LogP contribution >= 0.6 is 0 Å². The van der Waals surface area contributed by atoms with Crippen LogP contribution in [0.3, 0.4) is 0 Å². The van der Waals surface area contributed by atoms with E-state index >= 15 is 0 Å². The highest BCUT2D eigenvalue weighted by Crippen LogP contribution is 2.45. The fourth-order valence-electron chi connectivity index (χ4n) is 5.50. The molecule has 1 heterocycles. The van der Waals surface area contributed by atoms with Crippen molar-refractivity contribution >= 4 is 25.5 Å². The Hall–Kier alpha value is -2.69. The number of sulfonamides is 1. The highest BCUT2D eigenvalue weighted by molar-refractivity contribution is 7.91. The molecular weight excluding hydrogens is 496 g/mol. The number of imidazole rings is 1. The summed E-state index contributed by atoms with van der Waals surface area (Å²) in [7, 11) is -7.75. The summed E-state index contributed by atoms with van der Waals surface area (Å²) in [6.07, 6.45) is 10.8. The normalized spacial score (nSPS) is 21.6. The van der Waals surface area contributed by atoms with Gasteiger partial charge in [-0.3, -0.25) is 0 Å². The van der Waals surface area contributed by atoms with E-state index < -0.39 is 19.9 Å². The molecule has 3 aromatic rings. The first-order valence-electron chi connectivity index (χ1n) is 12.4. The lowest BCUT2D eigenvalue weighted by molar-refractivity contribution is 0.440. The Morgan fingerprint density at radius 1 is 1.00 bits per heavy atom. The van der Waals surface area contributed by atoms with Crippen LogP contribution in [0, 0.1) is 18.8 Å². The van der Waals surface area contributed by atoms with Crippen molar-refractivity contribution in [1.29, 1.82) is 0 Å². The second-order valence-electron chi connectivity index (χ2n) is 9.93. The van der Waals surface area contributed by atoms with E-state index in [0.29, 0.717) is 30.5 Å². The van der Waals surface area contributed by atoms with Crippen LogP contribution in [0.1, 0.15) is 37.7 Å². The van der Waals surface area contributed by atoms with E-state index in [1.807, 2.05) is 10.8 Å². The summed E-state index contributed by atoms with van der Waals surface area (Å²) >= 11 is 0. The third-order valence-electron chi connectivity index (χ3n) is 7.46. The van der Waals surface area contributed by atoms with Crippen LogP contribution in [0.4, 0.5) is 5.69 Å². The maximum Gasteiger partial charge on any atom is 0.240 e. The zero-order valence-corrected chi connectivity index (χ0v) is 21.9.